The molecule has 11 heavy (non-hydrogen) atoms. The van der Waals surface area contributed by atoms with Crippen LogP contribution < -0.4 is 16.0 Å². The van der Waals surface area contributed by atoms with Gasteiger partial charge in [-0.15, -0.1) is 0 Å². The fourth-order valence-corrected chi connectivity index (χ4v) is 1.53. The van der Waals surface area contributed by atoms with E-state index in [1.54, 1.807) is 0 Å². The second-order valence-corrected chi connectivity index (χ2v) is 2.99. The van der Waals surface area contributed by atoms with Crippen LogP contribution in [0.3, 0.4) is 0 Å². The Hall–Kier alpha value is -0.740. The summed E-state index contributed by atoms with van der Waals surface area (Å²) in [7, 11) is 2.11. The Morgan fingerprint density at radius 1 is 1.27 bits per heavy atom. The molecule has 0 atom stereocenters. The van der Waals surface area contributed by atoms with Gasteiger partial charge in [0.15, 0.2) is 0 Å². The number of likely N-dealkylation sites (N-methyl/N-ethyl adjacent to an activating group) is 1. The summed E-state index contributed by atoms with van der Waals surface area (Å²) in [6.07, 6.45) is 0. The lowest BCUT2D eigenvalue weighted by atomic mass is 10.2. The first-order valence-corrected chi connectivity index (χ1v) is 3.96. The molecule has 3 N–H and O–H groups in total. The lowest BCUT2D eigenvalue weighted by Crippen LogP contribution is -2.50. The molecule has 0 aliphatic carbocycles. The van der Waals surface area contributed by atoms with Gasteiger partial charge in [0.1, 0.15) is 0 Å². The molecule has 0 aromatic carbocycles. The first-order chi connectivity index (χ1) is 5.38. The molecule has 0 fully saturated rings. The van der Waals surface area contributed by atoms with E-state index in [0.29, 0.717) is 0 Å². The third-order valence-corrected chi connectivity index (χ3v) is 2.18. The molecule has 0 amide bonds. The van der Waals surface area contributed by atoms with Crippen LogP contribution in [0.2, 0.25) is 0 Å². The van der Waals surface area contributed by atoms with Crippen molar-refractivity contribution in [3.05, 3.63) is 11.4 Å². The second kappa shape index (κ2) is 2.71. The third kappa shape index (κ3) is 1.19. The predicted molar refractivity (Wildman–Crippen MR) is 43.7 cm³/mol. The summed E-state index contributed by atoms with van der Waals surface area (Å²) in [5.74, 6) is 0. The summed E-state index contributed by atoms with van der Waals surface area (Å²) in [6, 6.07) is 0. The van der Waals surface area contributed by atoms with E-state index in [9.17, 15) is 0 Å². The topological polar surface area (TPSA) is 39.3 Å². The minimum atomic E-state index is 0.897. The summed E-state index contributed by atoms with van der Waals surface area (Å²) in [4.78, 5) is 2.23. The molecule has 2 aliphatic rings. The van der Waals surface area contributed by atoms with Crippen LogP contribution in [0.1, 0.15) is 0 Å². The molecule has 62 valence electrons. The summed E-state index contributed by atoms with van der Waals surface area (Å²) in [5.41, 5.74) is 2.74. The highest BCUT2D eigenvalue weighted by molar-refractivity contribution is 5.18. The Labute approximate surface area is 66.6 Å². The van der Waals surface area contributed by atoms with Gasteiger partial charge in [0.2, 0.25) is 0 Å². The van der Waals surface area contributed by atoms with E-state index in [-0.39, 0.29) is 0 Å². The van der Waals surface area contributed by atoms with Gasteiger partial charge < -0.3 is 10.2 Å². The SMILES string of the molecule is CN1CNCC2=C1CNCN2. The van der Waals surface area contributed by atoms with E-state index in [4.69, 9.17) is 0 Å². The Balaban J connectivity index is 2.21. The highest BCUT2D eigenvalue weighted by atomic mass is 15.3. The van der Waals surface area contributed by atoms with Crippen LogP contribution >= 0.6 is 0 Å². The van der Waals surface area contributed by atoms with Gasteiger partial charge in [-0.1, -0.05) is 0 Å². The normalized spacial score (nSPS) is 24.6. The minimum absolute atomic E-state index is 0.897. The highest BCUT2D eigenvalue weighted by Gasteiger charge is 2.18. The molecule has 4 heteroatoms. The number of nitrogens with one attached hydrogen (secondary N) is 3. The van der Waals surface area contributed by atoms with Gasteiger partial charge in [-0.3, -0.25) is 10.6 Å². The fourth-order valence-electron chi connectivity index (χ4n) is 1.53. The molecule has 0 unspecified atom stereocenters. The van der Waals surface area contributed by atoms with Crippen molar-refractivity contribution >= 4 is 0 Å². The van der Waals surface area contributed by atoms with Crippen molar-refractivity contribution in [2.24, 2.45) is 0 Å². The zero-order valence-electron chi connectivity index (χ0n) is 6.78. The number of nitrogens with zero attached hydrogens (tertiary/aromatic N) is 1. The van der Waals surface area contributed by atoms with Crippen LogP contribution in [0.4, 0.5) is 0 Å². The standard InChI is InChI=1S/C7H14N4/c1-11-5-9-2-6-7(11)3-8-4-10-6/h8-10H,2-5H2,1H3. The molecular formula is C7H14N4. The van der Waals surface area contributed by atoms with Crippen LogP contribution in [-0.4, -0.2) is 38.4 Å². The predicted octanol–water partition coefficient (Wildman–Crippen LogP) is -1.16. The Kier molecular flexibility index (Phi) is 1.71. The number of hydrogen-bond donors (Lipinski definition) is 3. The Morgan fingerprint density at radius 2 is 2.18 bits per heavy atom. The maximum absolute atomic E-state index is 3.32. The molecule has 2 heterocycles. The summed E-state index contributed by atoms with van der Waals surface area (Å²) in [5, 5.41) is 9.90. The zero-order valence-corrected chi connectivity index (χ0v) is 6.78. The van der Waals surface area contributed by atoms with Crippen LogP contribution in [0.25, 0.3) is 0 Å². The molecule has 0 spiro atoms. The monoisotopic (exact) mass is 154 g/mol. The average Bonchev–Trinajstić information content (AvgIpc) is 2.06. The van der Waals surface area contributed by atoms with Crippen molar-refractivity contribution < 1.29 is 0 Å². The maximum atomic E-state index is 3.32. The van der Waals surface area contributed by atoms with E-state index >= 15 is 0 Å². The second-order valence-electron chi connectivity index (χ2n) is 2.99. The van der Waals surface area contributed by atoms with E-state index < -0.39 is 0 Å². The summed E-state index contributed by atoms with van der Waals surface area (Å²) >= 11 is 0. The molecule has 0 aromatic rings. The third-order valence-electron chi connectivity index (χ3n) is 2.18. The van der Waals surface area contributed by atoms with Gasteiger partial charge in [0.05, 0.1) is 13.3 Å². The van der Waals surface area contributed by atoms with Gasteiger partial charge in [0, 0.05) is 31.5 Å². The van der Waals surface area contributed by atoms with Gasteiger partial charge in [0.25, 0.3) is 0 Å². The largest absolute Gasteiger partial charge is 0.373 e. The molecule has 0 saturated heterocycles. The van der Waals surface area contributed by atoms with Crippen LogP contribution in [-0.2, 0) is 0 Å². The highest BCUT2D eigenvalue weighted by Crippen LogP contribution is 2.10. The van der Waals surface area contributed by atoms with E-state index in [1.165, 1.54) is 11.4 Å². The van der Waals surface area contributed by atoms with Crippen molar-refractivity contribution in [1.82, 2.24) is 20.9 Å². The zero-order chi connectivity index (χ0) is 7.68. The molecule has 0 saturated carbocycles. The van der Waals surface area contributed by atoms with E-state index in [0.717, 1.165) is 26.4 Å². The van der Waals surface area contributed by atoms with Crippen molar-refractivity contribution in [3.8, 4) is 0 Å². The Morgan fingerprint density at radius 3 is 3.00 bits per heavy atom. The fraction of sp³-hybridized carbons (Fsp3) is 0.714. The Bertz CT molecular complexity index is 183. The van der Waals surface area contributed by atoms with Crippen molar-refractivity contribution in [1.29, 1.82) is 0 Å². The first-order valence-electron chi connectivity index (χ1n) is 3.96. The minimum Gasteiger partial charge on any atom is -0.373 e. The molecule has 2 rings (SSSR count). The van der Waals surface area contributed by atoms with Gasteiger partial charge in [-0.05, 0) is 0 Å². The van der Waals surface area contributed by atoms with Crippen LogP contribution in [0.5, 0.6) is 0 Å². The van der Waals surface area contributed by atoms with E-state index in [2.05, 4.69) is 27.9 Å². The lowest BCUT2D eigenvalue weighted by Gasteiger charge is -2.34. The maximum Gasteiger partial charge on any atom is 0.0680 e. The molecule has 0 bridgehead atoms. The lowest BCUT2D eigenvalue weighted by molar-refractivity contribution is 0.320. The average molecular weight is 154 g/mol. The molecule has 0 aromatic heterocycles. The van der Waals surface area contributed by atoms with Gasteiger partial charge in [-0.2, -0.15) is 0 Å². The number of hydrogen-bond acceptors (Lipinski definition) is 4. The molecule has 4 nitrogen and oxygen atoms in total. The molecular weight excluding hydrogens is 140 g/mol. The van der Waals surface area contributed by atoms with E-state index in [1.807, 2.05) is 0 Å². The number of rotatable bonds is 0. The van der Waals surface area contributed by atoms with Crippen molar-refractivity contribution in [2.75, 3.05) is 33.5 Å². The van der Waals surface area contributed by atoms with Crippen LogP contribution in [0.15, 0.2) is 11.4 Å². The van der Waals surface area contributed by atoms with Crippen LogP contribution in [0, 0.1) is 0 Å². The van der Waals surface area contributed by atoms with Crippen molar-refractivity contribution in [2.45, 2.75) is 0 Å². The van der Waals surface area contributed by atoms with Crippen molar-refractivity contribution in [3.63, 3.8) is 0 Å². The molecule has 0 radical (unpaired) electrons. The summed E-state index contributed by atoms with van der Waals surface area (Å²) in [6.45, 7) is 3.85. The van der Waals surface area contributed by atoms with Gasteiger partial charge >= 0.3 is 0 Å². The first kappa shape index (κ1) is 6.94. The smallest absolute Gasteiger partial charge is 0.0680 e. The molecule has 2 aliphatic heterocycles. The van der Waals surface area contributed by atoms with Gasteiger partial charge in [-0.25, -0.2) is 0 Å². The quantitative estimate of drug-likeness (QED) is 0.411. The summed E-state index contributed by atoms with van der Waals surface area (Å²) < 4.78 is 0.